The highest BCUT2D eigenvalue weighted by molar-refractivity contribution is 7.13. The van der Waals surface area contributed by atoms with Gasteiger partial charge in [-0.15, -0.1) is 11.3 Å². The summed E-state index contributed by atoms with van der Waals surface area (Å²) in [5.41, 5.74) is 1.95. The van der Waals surface area contributed by atoms with Gasteiger partial charge in [-0.05, 0) is 12.8 Å². The normalized spacial score (nSPS) is 18.1. The number of aromatic nitrogens is 3. The summed E-state index contributed by atoms with van der Waals surface area (Å²) >= 11 is 1.73. The molecule has 2 fully saturated rings. The molecule has 4 rings (SSSR count). The molecule has 4 heterocycles. The van der Waals surface area contributed by atoms with Gasteiger partial charge in [-0.3, -0.25) is 14.5 Å². The number of amides is 1. The van der Waals surface area contributed by atoms with Crippen molar-refractivity contribution >= 4 is 34.0 Å². The molecule has 0 spiro atoms. The number of nitrogens with zero attached hydrogens (tertiary/aromatic N) is 7. The lowest BCUT2D eigenvalue weighted by Crippen LogP contribution is -2.55. The highest BCUT2D eigenvalue weighted by Crippen LogP contribution is 2.24. The van der Waals surface area contributed by atoms with Crippen LogP contribution in [0.2, 0.25) is 0 Å². The predicted molar refractivity (Wildman–Crippen MR) is 116 cm³/mol. The first-order valence-electron chi connectivity index (χ1n) is 10.1. The molecule has 2 aromatic rings. The summed E-state index contributed by atoms with van der Waals surface area (Å²) in [7, 11) is 3.61. The second-order valence-electron chi connectivity index (χ2n) is 7.38. The van der Waals surface area contributed by atoms with Crippen molar-refractivity contribution in [1.82, 2.24) is 25.0 Å². The van der Waals surface area contributed by atoms with Crippen LogP contribution in [0.4, 0.5) is 10.8 Å². The second kappa shape index (κ2) is 8.81. The zero-order valence-electron chi connectivity index (χ0n) is 17.0. The standard InChI is InChI=1S/C19H28N8OS/c1-20-18(21-6-5-15-14-29-19(23-15)25-7-3-4-8-25)26-9-10-27(17(28)13-26)16-11-22-24(2)12-16/h11-12,14H,3-10,13H2,1-2H3,(H,20,21). The first-order chi connectivity index (χ1) is 14.1. The maximum Gasteiger partial charge on any atom is 0.246 e. The minimum Gasteiger partial charge on any atom is -0.356 e. The number of hydrogen-bond donors (Lipinski definition) is 1. The third-order valence-electron chi connectivity index (χ3n) is 5.32. The van der Waals surface area contributed by atoms with Crippen LogP contribution in [-0.2, 0) is 18.3 Å². The molecular weight excluding hydrogens is 388 g/mol. The molecule has 10 heteroatoms. The molecular formula is C19H28N8OS. The molecule has 0 aliphatic carbocycles. The van der Waals surface area contributed by atoms with Gasteiger partial charge in [-0.25, -0.2) is 4.98 Å². The van der Waals surface area contributed by atoms with Crippen molar-refractivity contribution in [3.63, 3.8) is 0 Å². The monoisotopic (exact) mass is 416 g/mol. The molecule has 2 aliphatic rings. The Hall–Kier alpha value is -2.62. The number of hydrogen-bond acceptors (Lipinski definition) is 6. The van der Waals surface area contributed by atoms with Gasteiger partial charge < -0.3 is 20.0 Å². The number of piperazine rings is 1. The highest BCUT2D eigenvalue weighted by Gasteiger charge is 2.27. The number of aryl methyl sites for hydroxylation is 1. The number of carbonyl (C=O) groups excluding carboxylic acids is 1. The molecule has 0 bridgehead atoms. The molecule has 9 nitrogen and oxygen atoms in total. The van der Waals surface area contributed by atoms with Crippen molar-refractivity contribution in [2.24, 2.45) is 12.0 Å². The fourth-order valence-corrected chi connectivity index (χ4v) is 4.69. The Balaban J connectivity index is 1.27. The van der Waals surface area contributed by atoms with Crippen LogP contribution in [0.1, 0.15) is 18.5 Å². The molecule has 0 aromatic carbocycles. The number of nitrogens with one attached hydrogen (secondary N) is 1. The van der Waals surface area contributed by atoms with Gasteiger partial charge in [-0.2, -0.15) is 5.10 Å². The van der Waals surface area contributed by atoms with Crippen LogP contribution in [0.15, 0.2) is 22.8 Å². The van der Waals surface area contributed by atoms with E-state index in [4.69, 9.17) is 4.98 Å². The minimum absolute atomic E-state index is 0.0574. The van der Waals surface area contributed by atoms with Crippen LogP contribution in [-0.4, -0.2) is 77.8 Å². The Morgan fingerprint density at radius 3 is 2.79 bits per heavy atom. The summed E-state index contributed by atoms with van der Waals surface area (Å²) in [5.74, 6) is 0.820. The molecule has 2 aliphatic heterocycles. The van der Waals surface area contributed by atoms with E-state index in [0.717, 1.165) is 55.1 Å². The van der Waals surface area contributed by atoms with E-state index in [9.17, 15) is 4.79 Å². The second-order valence-corrected chi connectivity index (χ2v) is 8.22. The van der Waals surface area contributed by atoms with Gasteiger partial charge in [0, 0.05) is 64.8 Å². The van der Waals surface area contributed by atoms with E-state index in [-0.39, 0.29) is 5.91 Å². The fourth-order valence-electron chi connectivity index (χ4n) is 3.77. The quantitative estimate of drug-likeness (QED) is 0.577. The van der Waals surface area contributed by atoms with E-state index in [2.05, 4.69) is 25.7 Å². The Morgan fingerprint density at radius 1 is 1.28 bits per heavy atom. The van der Waals surface area contributed by atoms with Gasteiger partial charge in [0.1, 0.15) is 6.54 Å². The molecule has 2 aromatic heterocycles. The van der Waals surface area contributed by atoms with Crippen LogP contribution in [0.5, 0.6) is 0 Å². The highest BCUT2D eigenvalue weighted by atomic mass is 32.1. The zero-order valence-corrected chi connectivity index (χ0v) is 17.9. The third-order valence-corrected chi connectivity index (χ3v) is 6.27. The van der Waals surface area contributed by atoms with Gasteiger partial charge in [0.05, 0.1) is 17.6 Å². The predicted octanol–water partition coefficient (Wildman–Crippen LogP) is 0.944. The van der Waals surface area contributed by atoms with Crippen molar-refractivity contribution in [2.75, 3.05) is 56.1 Å². The van der Waals surface area contributed by atoms with Crippen molar-refractivity contribution in [3.8, 4) is 0 Å². The third kappa shape index (κ3) is 4.52. The number of aliphatic imine (C=N–C) groups is 1. The Morgan fingerprint density at radius 2 is 2.10 bits per heavy atom. The van der Waals surface area contributed by atoms with Gasteiger partial charge >= 0.3 is 0 Å². The largest absolute Gasteiger partial charge is 0.356 e. The Bertz CT molecular complexity index is 869. The van der Waals surface area contributed by atoms with Crippen molar-refractivity contribution in [2.45, 2.75) is 19.3 Å². The maximum atomic E-state index is 12.6. The maximum absolute atomic E-state index is 12.6. The first kappa shape index (κ1) is 19.7. The number of rotatable bonds is 5. The number of carbonyl (C=O) groups is 1. The molecule has 0 unspecified atom stereocenters. The Labute approximate surface area is 175 Å². The molecule has 0 saturated carbocycles. The van der Waals surface area contributed by atoms with Crippen LogP contribution in [0, 0.1) is 0 Å². The van der Waals surface area contributed by atoms with Crippen LogP contribution in [0.3, 0.4) is 0 Å². The van der Waals surface area contributed by atoms with Crippen molar-refractivity contribution < 1.29 is 4.79 Å². The van der Waals surface area contributed by atoms with E-state index in [1.54, 1.807) is 34.2 Å². The molecule has 0 radical (unpaired) electrons. The lowest BCUT2D eigenvalue weighted by atomic mass is 10.3. The molecule has 1 N–H and O–H groups in total. The van der Waals surface area contributed by atoms with Gasteiger partial charge in [0.2, 0.25) is 5.91 Å². The van der Waals surface area contributed by atoms with Crippen LogP contribution >= 0.6 is 11.3 Å². The smallest absolute Gasteiger partial charge is 0.246 e. The van der Waals surface area contributed by atoms with Crippen molar-refractivity contribution in [1.29, 1.82) is 0 Å². The molecule has 29 heavy (non-hydrogen) atoms. The molecule has 2 saturated heterocycles. The zero-order chi connectivity index (χ0) is 20.2. The van der Waals surface area contributed by atoms with E-state index in [1.165, 1.54) is 12.8 Å². The lowest BCUT2D eigenvalue weighted by molar-refractivity contribution is -0.120. The first-order valence-corrected chi connectivity index (χ1v) is 11.0. The van der Waals surface area contributed by atoms with E-state index in [0.29, 0.717) is 13.1 Å². The van der Waals surface area contributed by atoms with Gasteiger partial charge in [0.25, 0.3) is 0 Å². The average molecular weight is 417 g/mol. The molecule has 0 atom stereocenters. The summed E-state index contributed by atoms with van der Waals surface area (Å²) in [6.07, 6.45) is 6.96. The topological polar surface area (TPSA) is 81.9 Å². The summed E-state index contributed by atoms with van der Waals surface area (Å²) in [5, 5.41) is 10.8. The number of guanidine groups is 1. The van der Waals surface area contributed by atoms with Gasteiger partial charge in [-0.1, -0.05) is 0 Å². The fraction of sp³-hybridized carbons (Fsp3) is 0.579. The summed E-state index contributed by atoms with van der Waals surface area (Å²) in [4.78, 5) is 27.9. The van der Waals surface area contributed by atoms with E-state index in [1.807, 2.05) is 18.1 Å². The summed E-state index contributed by atoms with van der Waals surface area (Å²) < 4.78 is 1.71. The minimum atomic E-state index is 0.0574. The van der Waals surface area contributed by atoms with E-state index < -0.39 is 0 Å². The van der Waals surface area contributed by atoms with E-state index >= 15 is 0 Å². The molecule has 1 amide bonds. The average Bonchev–Trinajstić information content (AvgIpc) is 3.47. The summed E-state index contributed by atoms with van der Waals surface area (Å²) in [6.45, 7) is 4.65. The van der Waals surface area contributed by atoms with Crippen LogP contribution < -0.4 is 15.1 Å². The number of anilines is 2. The van der Waals surface area contributed by atoms with Crippen LogP contribution in [0.25, 0.3) is 0 Å². The Kier molecular flexibility index (Phi) is 5.98. The molecule has 156 valence electrons. The number of thiazole rings is 1. The lowest BCUT2D eigenvalue weighted by Gasteiger charge is -2.35. The summed E-state index contributed by atoms with van der Waals surface area (Å²) in [6, 6.07) is 0. The SMILES string of the molecule is CN=C(NCCc1csc(N2CCCC2)n1)N1CCN(c2cnn(C)c2)C(=O)C1. The van der Waals surface area contributed by atoms with Gasteiger partial charge in [0.15, 0.2) is 11.1 Å². The van der Waals surface area contributed by atoms with Crippen molar-refractivity contribution in [3.05, 3.63) is 23.5 Å².